The third-order valence-corrected chi connectivity index (χ3v) is 5.93. The van der Waals surface area contributed by atoms with Crippen molar-refractivity contribution in [3.05, 3.63) is 59.8 Å². The summed E-state index contributed by atoms with van der Waals surface area (Å²) < 4.78 is 44.3. The van der Waals surface area contributed by atoms with E-state index in [1.807, 2.05) is 30.0 Å². The Bertz CT molecular complexity index is 1090. The van der Waals surface area contributed by atoms with Crippen LogP contribution >= 0.6 is 0 Å². The van der Waals surface area contributed by atoms with Crippen LogP contribution in [0.5, 0.6) is 5.75 Å². The number of piperazine rings is 1. The smallest absolute Gasteiger partial charge is 0.416 e. The molecule has 0 amide bonds. The van der Waals surface area contributed by atoms with Crippen LogP contribution < -0.4 is 9.64 Å². The van der Waals surface area contributed by atoms with E-state index in [0.29, 0.717) is 43.2 Å². The third kappa shape index (κ3) is 4.25. The number of aromatic amines is 1. The van der Waals surface area contributed by atoms with Crippen molar-refractivity contribution in [1.29, 1.82) is 0 Å². The van der Waals surface area contributed by atoms with Gasteiger partial charge in [0.15, 0.2) is 5.78 Å². The number of alkyl halides is 3. The highest BCUT2D eigenvalue weighted by atomic mass is 19.4. The van der Waals surface area contributed by atoms with Gasteiger partial charge in [0.1, 0.15) is 5.75 Å². The normalized spacial score (nSPS) is 16.5. The van der Waals surface area contributed by atoms with E-state index in [1.165, 1.54) is 12.1 Å². The van der Waals surface area contributed by atoms with Gasteiger partial charge in [-0.15, -0.1) is 0 Å². The fourth-order valence-electron chi connectivity index (χ4n) is 4.07. The van der Waals surface area contributed by atoms with Gasteiger partial charge in [-0.2, -0.15) is 13.2 Å². The number of fused-ring (bicyclic) bond motifs is 1. The molecule has 1 aliphatic rings. The number of rotatable bonds is 5. The van der Waals surface area contributed by atoms with Gasteiger partial charge in [0.05, 0.1) is 18.7 Å². The van der Waals surface area contributed by atoms with Crippen LogP contribution in [0, 0.1) is 0 Å². The van der Waals surface area contributed by atoms with E-state index in [1.54, 1.807) is 19.4 Å². The molecule has 8 heteroatoms. The van der Waals surface area contributed by atoms with E-state index < -0.39 is 11.7 Å². The van der Waals surface area contributed by atoms with Crippen LogP contribution in [0.4, 0.5) is 18.9 Å². The molecule has 31 heavy (non-hydrogen) atoms. The lowest BCUT2D eigenvalue weighted by Gasteiger charge is -2.38. The van der Waals surface area contributed by atoms with Crippen LogP contribution in [-0.2, 0) is 6.18 Å². The summed E-state index contributed by atoms with van der Waals surface area (Å²) in [6.45, 7) is 4.17. The molecule has 1 N–H and O–H groups in total. The maximum Gasteiger partial charge on any atom is 0.416 e. The summed E-state index contributed by atoms with van der Waals surface area (Å²) in [7, 11) is 1.59. The second kappa shape index (κ2) is 8.26. The number of halogens is 3. The van der Waals surface area contributed by atoms with Gasteiger partial charge in [-0.05, 0) is 43.3 Å². The number of aromatic nitrogens is 1. The molecule has 1 aromatic heterocycles. The zero-order valence-corrected chi connectivity index (χ0v) is 17.4. The van der Waals surface area contributed by atoms with E-state index >= 15 is 0 Å². The third-order valence-electron chi connectivity index (χ3n) is 5.93. The molecule has 2 aromatic carbocycles. The van der Waals surface area contributed by atoms with Crippen molar-refractivity contribution < 1.29 is 22.7 Å². The fourth-order valence-corrected chi connectivity index (χ4v) is 4.07. The number of carbonyl (C=O) groups excluding carboxylic acids is 1. The topological polar surface area (TPSA) is 48.6 Å². The maximum atomic E-state index is 13.2. The molecule has 4 rings (SSSR count). The molecule has 0 saturated carbocycles. The first-order valence-electron chi connectivity index (χ1n) is 10.1. The van der Waals surface area contributed by atoms with Crippen molar-refractivity contribution >= 4 is 22.4 Å². The van der Waals surface area contributed by atoms with Gasteiger partial charge < -0.3 is 14.6 Å². The first-order valence-corrected chi connectivity index (χ1v) is 10.1. The molecule has 2 heterocycles. The highest BCUT2D eigenvalue weighted by Crippen LogP contribution is 2.32. The lowest BCUT2D eigenvalue weighted by atomic mass is 10.0. The number of nitrogens with zero attached hydrogens (tertiary/aromatic N) is 2. The van der Waals surface area contributed by atoms with Gasteiger partial charge in [-0.3, -0.25) is 9.69 Å². The van der Waals surface area contributed by atoms with Crippen LogP contribution in [0.3, 0.4) is 0 Å². The van der Waals surface area contributed by atoms with Crippen molar-refractivity contribution in [2.45, 2.75) is 19.1 Å². The average molecular weight is 431 g/mol. The Morgan fingerprint density at radius 3 is 2.52 bits per heavy atom. The summed E-state index contributed by atoms with van der Waals surface area (Å²) in [6, 6.07) is 10.6. The number of H-pyrrole nitrogens is 1. The molecule has 0 radical (unpaired) electrons. The molecule has 0 bridgehead atoms. The van der Waals surface area contributed by atoms with Crippen LogP contribution in [0.2, 0.25) is 0 Å². The highest BCUT2D eigenvalue weighted by Gasteiger charge is 2.32. The second-order valence-electron chi connectivity index (χ2n) is 7.73. The zero-order valence-electron chi connectivity index (χ0n) is 17.4. The first-order chi connectivity index (χ1) is 14.8. The number of ketones is 1. The van der Waals surface area contributed by atoms with Crippen LogP contribution in [0.25, 0.3) is 10.9 Å². The summed E-state index contributed by atoms with van der Waals surface area (Å²) in [4.78, 5) is 20.3. The number of carbonyl (C=O) groups is 1. The predicted molar refractivity (Wildman–Crippen MR) is 114 cm³/mol. The Labute approximate surface area is 178 Å². The number of ether oxygens (including phenoxy) is 1. The molecule has 1 aliphatic heterocycles. The number of nitrogens with one attached hydrogen (secondary N) is 1. The molecule has 1 fully saturated rings. The number of Topliss-reactive ketones (excluding diaryl/α,β-unsaturated/α-hetero) is 1. The molecule has 0 unspecified atom stereocenters. The Balaban J connectivity index is 1.45. The second-order valence-corrected chi connectivity index (χ2v) is 7.73. The van der Waals surface area contributed by atoms with Gasteiger partial charge in [0, 0.05) is 54.5 Å². The number of methoxy groups -OCH3 is 1. The summed E-state index contributed by atoms with van der Waals surface area (Å²) >= 11 is 0. The minimum absolute atomic E-state index is 0.00650. The predicted octanol–water partition coefficient (Wildman–Crippen LogP) is 4.59. The zero-order chi connectivity index (χ0) is 22.2. The standard InChI is InChI=1S/C23H24F3N3O2/c1-15(22(30)20-14-27-21-7-6-18(31-2)13-19(20)21)28-8-10-29(11-9-28)17-5-3-4-16(12-17)23(24,25)26/h3-7,12-15,27H,8-11H2,1-2H3/t15-/m0/s1. The Morgan fingerprint density at radius 1 is 1.10 bits per heavy atom. The van der Waals surface area contributed by atoms with Crippen molar-refractivity contribution in [2.24, 2.45) is 0 Å². The monoisotopic (exact) mass is 431 g/mol. The van der Waals surface area contributed by atoms with E-state index in [0.717, 1.165) is 17.0 Å². The molecule has 0 spiro atoms. The average Bonchev–Trinajstić information content (AvgIpc) is 3.21. The van der Waals surface area contributed by atoms with Crippen LogP contribution in [0.1, 0.15) is 22.8 Å². The fraction of sp³-hybridized carbons (Fsp3) is 0.348. The van der Waals surface area contributed by atoms with Crippen LogP contribution in [0.15, 0.2) is 48.7 Å². The highest BCUT2D eigenvalue weighted by molar-refractivity contribution is 6.10. The van der Waals surface area contributed by atoms with Gasteiger partial charge in [-0.1, -0.05) is 6.07 Å². The summed E-state index contributed by atoms with van der Waals surface area (Å²) in [5, 5.41) is 0.818. The molecule has 164 valence electrons. The van der Waals surface area contributed by atoms with Crippen LogP contribution in [-0.4, -0.2) is 55.0 Å². The summed E-state index contributed by atoms with van der Waals surface area (Å²) in [5.74, 6) is 0.690. The van der Waals surface area contributed by atoms with E-state index in [9.17, 15) is 18.0 Å². The van der Waals surface area contributed by atoms with E-state index in [4.69, 9.17) is 4.74 Å². The van der Waals surface area contributed by atoms with Gasteiger partial charge in [0.2, 0.25) is 0 Å². The largest absolute Gasteiger partial charge is 0.497 e. The molecular formula is C23H24F3N3O2. The van der Waals surface area contributed by atoms with Crippen molar-refractivity contribution in [2.75, 3.05) is 38.2 Å². The summed E-state index contributed by atoms with van der Waals surface area (Å²) in [5.41, 5.74) is 1.38. The number of hydrogen-bond donors (Lipinski definition) is 1. The number of benzene rings is 2. The molecule has 1 atom stereocenters. The quantitative estimate of drug-likeness (QED) is 0.601. The van der Waals surface area contributed by atoms with Crippen molar-refractivity contribution in [1.82, 2.24) is 9.88 Å². The Hall–Kier alpha value is -3.00. The van der Waals surface area contributed by atoms with Gasteiger partial charge >= 0.3 is 6.18 Å². The summed E-state index contributed by atoms with van der Waals surface area (Å²) in [6.07, 6.45) is -2.64. The maximum absolute atomic E-state index is 13.2. The lowest BCUT2D eigenvalue weighted by Crippen LogP contribution is -2.51. The molecule has 1 saturated heterocycles. The van der Waals surface area contributed by atoms with E-state index in [-0.39, 0.29) is 11.8 Å². The molecule has 5 nitrogen and oxygen atoms in total. The molecule has 0 aliphatic carbocycles. The lowest BCUT2D eigenvalue weighted by molar-refractivity contribution is -0.137. The minimum atomic E-state index is -4.36. The van der Waals surface area contributed by atoms with Crippen molar-refractivity contribution in [3.63, 3.8) is 0 Å². The van der Waals surface area contributed by atoms with Crippen molar-refractivity contribution in [3.8, 4) is 5.75 Å². The number of anilines is 1. The Kier molecular flexibility index (Phi) is 5.66. The number of hydrogen-bond acceptors (Lipinski definition) is 4. The van der Waals surface area contributed by atoms with Gasteiger partial charge in [0.25, 0.3) is 0 Å². The SMILES string of the molecule is COc1ccc2[nH]cc(C(=O)[C@H](C)N3CCN(c4cccc(C(F)(F)F)c4)CC3)c2c1. The molecule has 3 aromatic rings. The first kappa shape index (κ1) is 21.2. The van der Waals surface area contributed by atoms with E-state index in [2.05, 4.69) is 9.88 Å². The Morgan fingerprint density at radius 2 is 1.84 bits per heavy atom. The van der Waals surface area contributed by atoms with Gasteiger partial charge in [-0.25, -0.2) is 0 Å². The molecular weight excluding hydrogens is 407 g/mol. The minimum Gasteiger partial charge on any atom is -0.497 e.